The number of aliphatic hydroxyl groups excluding tert-OH is 1. The highest BCUT2D eigenvalue weighted by Gasteiger charge is 2.29. The third-order valence-corrected chi connectivity index (χ3v) is 4.25. The lowest BCUT2D eigenvalue weighted by atomic mass is 9.76. The first-order chi connectivity index (χ1) is 9.29. The summed E-state index contributed by atoms with van der Waals surface area (Å²) in [5, 5.41) is 13.1. The molecule has 1 aromatic rings. The van der Waals surface area contributed by atoms with Crippen molar-refractivity contribution < 1.29 is 5.11 Å². The van der Waals surface area contributed by atoms with Crippen molar-refractivity contribution in [2.45, 2.75) is 50.5 Å². The molecular weight excluding hydrogens is 258 g/mol. The van der Waals surface area contributed by atoms with Crippen LogP contribution >= 0.6 is 11.6 Å². The highest BCUT2D eigenvalue weighted by Crippen LogP contribution is 2.37. The molecule has 2 rings (SSSR count). The normalized spacial score (nSPS) is 22.2. The van der Waals surface area contributed by atoms with Crippen LogP contribution < -0.4 is 5.32 Å². The molecule has 106 valence electrons. The summed E-state index contributed by atoms with van der Waals surface area (Å²) in [4.78, 5) is 0. The Balaban J connectivity index is 1.55. The second-order valence-corrected chi connectivity index (χ2v) is 5.95. The summed E-state index contributed by atoms with van der Waals surface area (Å²) >= 11 is 5.90. The van der Waals surface area contributed by atoms with E-state index in [1.165, 1.54) is 31.2 Å². The van der Waals surface area contributed by atoms with E-state index in [2.05, 4.69) is 17.4 Å². The Morgan fingerprint density at radius 1 is 1.05 bits per heavy atom. The monoisotopic (exact) mass is 281 g/mol. The first-order valence-electron chi connectivity index (χ1n) is 7.39. The zero-order valence-corrected chi connectivity index (χ0v) is 12.2. The van der Waals surface area contributed by atoms with Gasteiger partial charge in [0.15, 0.2) is 0 Å². The smallest absolute Gasteiger partial charge is 0.0431 e. The van der Waals surface area contributed by atoms with E-state index in [1.54, 1.807) is 0 Å². The van der Waals surface area contributed by atoms with E-state index < -0.39 is 0 Å². The number of halogens is 1. The SMILES string of the molecule is OCCCCCCNC1CC(c2ccc(Cl)cc2)C1. The fraction of sp³-hybridized carbons (Fsp3) is 0.625. The van der Waals surface area contributed by atoms with E-state index in [0.717, 1.165) is 24.4 Å². The second kappa shape index (κ2) is 7.88. The summed E-state index contributed by atoms with van der Waals surface area (Å²) in [6, 6.07) is 8.96. The Labute approximate surface area is 121 Å². The van der Waals surface area contributed by atoms with Crippen LogP contribution in [-0.4, -0.2) is 24.3 Å². The largest absolute Gasteiger partial charge is 0.396 e. The number of hydrogen-bond donors (Lipinski definition) is 2. The summed E-state index contributed by atoms with van der Waals surface area (Å²) in [5.74, 6) is 0.712. The van der Waals surface area contributed by atoms with Crippen LogP contribution in [0.15, 0.2) is 24.3 Å². The molecule has 1 fully saturated rings. The summed E-state index contributed by atoms with van der Waals surface area (Å²) in [6.07, 6.45) is 7.04. The summed E-state index contributed by atoms with van der Waals surface area (Å²) in [5.41, 5.74) is 1.42. The number of unbranched alkanes of at least 4 members (excludes halogenated alkanes) is 3. The van der Waals surface area contributed by atoms with Gasteiger partial charge in [0.05, 0.1) is 0 Å². The van der Waals surface area contributed by atoms with Crippen molar-refractivity contribution in [3.8, 4) is 0 Å². The molecule has 1 aromatic carbocycles. The van der Waals surface area contributed by atoms with Crippen molar-refractivity contribution in [1.29, 1.82) is 0 Å². The van der Waals surface area contributed by atoms with Gasteiger partial charge in [-0.15, -0.1) is 0 Å². The quantitative estimate of drug-likeness (QED) is 0.712. The minimum Gasteiger partial charge on any atom is -0.396 e. The fourth-order valence-corrected chi connectivity index (χ4v) is 2.81. The third-order valence-electron chi connectivity index (χ3n) is 4.00. The molecule has 2 nitrogen and oxygen atoms in total. The van der Waals surface area contributed by atoms with Crippen molar-refractivity contribution in [3.63, 3.8) is 0 Å². The van der Waals surface area contributed by atoms with Gasteiger partial charge in [-0.1, -0.05) is 36.6 Å². The van der Waals surface area contributed by atoms with Gasteiger partial charge in [-0.3, -0.25) is 0 Å². The molecule has 1 saturated carbocycles. The molecule has 1 aliphatic carbocycles. The Bertz CT molecular complexity index is 360. The van der Waals surface area contributed by atoms with Crippen molar-refractivity contribution in [2.24, 2.45) is 0 Å². The van der Waals surface area contributed by atoms with Gasteiger partial charge in [0.25, 0.3) is 0 Å². The number of nitrogens with one attached hydrogen (secondary N) is 1. The standard InChI is InChI=1S/C16H24ClNO/c17-15-7-5-13(6-8-15)14-11-16(12-14)18-9-3-1-2-4-10-19/h5-8,14,16,18-19H,1-4,9-12H2. The number of benzene rings is 1. The van der Waals surface area contributed by atoms with Crippen LogP contribution in [0, 0.1) is 0 Å². The van der Waals surface area contributed by atoms with Crippen LogP contribution in [0.2, 0.25) is 5.02 Å². The van der Waals surface area contributed by atoms with Gasteiger partial charge in [-0.25, -0.2) is 0 Å². The van der Waals surface area contributed by atoms with Crippen molar-refractivity contribution >= 4 is 11.6 Å². The molecule has 2 N–H and O–H groups in total. The van der Waals surface area contributed by atoms with Crippen molar-refractivity contribution in [2.75, 3.05) is 13.2 Å². The average Bonchev–Trinajstić information content (AvgIpc) is 2.37. The molecule has 0 aliphatic heterocycles. The third kappa shape index (κ3) is 4.79. The first-order valence-corrected chi connectivity index (χ1v) is 7.77. The lowest BCUT2D eigenvalue weighted by Crippen LogP contribution is -2.40. The lowest BCUT2D eigenvalue weighted by molar-refractivity contribution is 0.277. The Kier molecular flexibility index (Phi) is 6.15. The van der Waals surface area contributed by atoms with Crippen LogP contribution in [-0.2, 0) is 0 Å². The highest BCUT2D eigenvalue weighted by molar-refractivity contribution is 6.30. The van der Waals surface area contributed by atoms with Crippen LogP contribution in [0.1, 0.15) is 50.0 Å². The molecule has 0 atom stereocenters. The minimum absolute atomic E-state index is 0.332. The second-order valence-electron chi connectivity index (χ2n) is 5.51. The molecular formula is C16H24ClNO. The van der Waals surface area contributed by atoms with E-state index in [1.807, 2.05) is 12.1 Å². The van der Waals surface area contributed by atoms with Crippen LogP contribution in [0.5, 0.6) is 0 Å². The molecule has 0 spiro atoms. The van der Waals surface area contributed by atoms with Crippen molar-refractivity contribution in [1.82, 2.24) is 5.32 Å². The average molecular weight is 282 g/mol. The van der Waals surface area contributed by atoms with Gasteiger partial charge in [0, 0.05) is 17.7 Å². The Hall–Kier alpha value is -0.570. The molecule has 0 radical (unpaired) electrons. The molecule has 0 amide bonds. The molecule has 0 aromatic heterocycles. The first kappa shape index (κ1) is 14.8. The number of aliphatic hydroxyl groups is 1. The van der Waals surface area contributed by atoms with Gasteiger partial charge in [-0.2, -0.15) is 0 Å². The lowest BCUT2D eigenvalue weighted by Gasteiger charge is -2.36. The van der Waals surface area contributed by atoms with E-state index in [0.29, 0.717) is 18.6 Å². The van der Waals surface area contributed by atoms with E-state index in [9.17, 15) is 0 Å². The predicted molar refractivity (Wildman–Crippen MR) is 80.8 cm³/mol. The Morgan fingerprint density at radius 2 is 1.74 bits per heavy atom. The molecule has 0 heterocycles. The maximum atomic E-state index is 8.69. The van der Waals surface area contributed by atoms with Crippen LogP contribution in [0.25, 0.3) is 0 Å². The predicted octanol–water partition coefficient (Wildman–Crippen LogP) is 3.73. The zero-order valence-electron chi connectivity index (χ0n) is 11.4. The molecule has 1 aliphatic rings. The molecule has 3 heteroatoms. The van der Waals surface area contributed by atoms with E-state index >= 15 is 0 Å². The summed E-state index contributed by atoms with van der Waals surface area (Å²) < 4.78 is 0. The molecule has 0 bridgehead atoms. The van der Waals surface area contributed by atoms with Gasteiger partial charge >= 0.3 is 0 Å². The fourth-order valence-electron chi connectivity index (χ4n) is 2.69. The van der Waals surface area contributed by atoms with Crippen LogP contribution in [0.3, 0.4) is 0 Å². The maximum Gasteiger partial charge on any atom is 0.0431 e. The van der Waals surface area contributed by atoms with Gasteiger partial charge < -0.3 is 10.4 Å². The van der Waals surface area contributed by atoms with Crippen molar-refractivity contribution in [3.05, 3.63) is 34.9 Å². The van der Waals surface area contributed by atoms with E-state index in [-0.39, 0.29) is 0 Å². The van der Waals surface area contributed by atoms with Gasteiger partial charge in [0.2, 0.25) is 0 Å². The number of rotatable bonds is 8. The molecule has 19 heavy (non-hydrogen) atoms. The van der Waals surface area contributed by atoms with Crippen LogP contribution in [0.4, 0.5) is 0 Å². The minimum atomic E-state index is 0.332. The van der Waals surface area contributed by atoms with E-state index in [4.69, 9.17) is 16.7 Å². The number of hydrogen-bond acceptors (Lipinski definition) is 2. The zero-order chi connectivity index (χ0) is 13.5. The maximum absolute atomic E-state index is 8.69. The summed E-state index contributed by atoms with van der Waals surface area (Å²) in [7, 11) is 0. The van der Waals surface area contributed by atoms with Gasteiger partial charge in [-0.05, 0) is 55.8 Å². The topological polar surface area (TPSA) is 32.3 Å². The van der Waals surface area contributed by atoms with Gasteiger partial charge in [0.1, 0.15) is 0 Å². The summed E-state index contributed by atoms with van der Waals surface area (Å²) in [6.45, 7) is 1.45. The molecule has 0 unspecified atom stereocenters. The Morgan fingerprint density at radius 3 is 2.42 bits per heavy atom. The molecule has 0 saturated heterocycles. The highest BCUT2D eigenvalue weighted by atomic mass is 35.5.